The van der Waals surface area contributed by atoms with Crippen LogP contribution in [0.1, 0.15) is 70.3 Å². The van der Waals surface area contributed by atoms with Gasteiger partial charge < -0.3 is 9.64 Å². The van der Waals surface area contributed by atoms with Gasteiger partial charge in [0.15, 0.2) is 0 Å². The fraction of sp³-hybridized carbons (Fsp3) is 0.500. The number of rotatable bonds is 9. The van der Waals surface area contributed by atoms with Crippen LogP contribution in [-0.4, -0.2) is 41.1 Å². The molecule has 5 nitrogen and oxygen atoms in total. The van der Waals surface area contributed by atoms with Gasteiger partial charge in [-0.3, -0.25) is 10.2 Å². The van der Waals surface area contributed by atoms with E-state index in [4.69, 9.17) is 10.1 Å². The number of unbranched alkanes of at least 4 members (excludes halogenated alkanes) is 1. The number of hydrogen-bond acceptors (Lipinski definition) is 4. The molecule has 0 aromatic heterocycles. The van der Waals surface area contributed by atoms with Gasteiger partial charge >= 0.3 is 0 Å². The highest BCUT2D eigenvalue weighted by atomic mass is 79.9. The molecule has 0 aliphatic heterocycles. The Labute approximate surface area is 177 Å². The first kappa shape index (κ1) is 24.1. The van der Waals surface area contributed by atoms with Gasteiger partial charge in [-0.05, 0) is 59.2 Å². The van der Waals surface area contributed by atoms with E-state index in [1.165, 1.54) is 0 Å². The molecule has 6 heteroatoms. The van der Waals surface area contributed by atoms with Crippen LogP contribution < -0.4 is 0 Å². The second-order valence-corrected chi connectivity index (χ2v) is 8.00. The Morgan fingerprint density at radius 1 is 1.25 bits per heavy atom. The molecule has 0 unspecified atom stereocenters. The van der Waals surface area contributed by atoms with Crippen molar-refractivity contribution < 1.29 is 9.53 Å². The molecule has 0 heterocycles. The van der Waals surface area contributed by atoms with E-state index < -0.39 is 0 Å². The highest BCUT2D eigenvalue weighted by Gasteiger charge is 2.26. The second kappa shape index (κ2) is 11.8. The fourth-order valence-corrected chi connectivity index (χ4v) is 3.22. The average molecular weight is 450 g/mol. The predicted octanol–water partition coefficient (Wildman–Crippen LogP) is 5.82. The number of ether oxygens (including phenoxy) is 1. The van der Waals surface area contributed by atoms with Crippen molar-refractivity contribution in [3.8, 4) is 0 Å². The van der Waals surface area contributed by atoms with Gasteiger partial charge in [-0.25, -0.2) is 4.99 Å². The third-order valence-corrected chi connectivity index (χ3v) is 4.61. The van der Waals surface area contributed by atoms with Gasteiger partial charge in [0.05, 0.1) is 6.61 Å². The summed E-state index contributed by atoms with van der Waals surface area (Å²) in [5, 5.41) is 8.71. The van der Waals surface area contributed by atoms with Crippen LogP contribution in [0.3, 0.4) is 0 Å². The first-order chi connectivity index (χ1) is 13.2. The zero-order chi connectivity index (χ0) is 21.3. The van der Waals surface area contributed by atoms with Crippen molar-refractivity contribution in [1.29, 1.82) is 5.41 Å². The number of nitrogens with zero attached hydrogens (tertiary/aromatic N) is 2. The average Bonchev–Trinajstić information content (AvgIpc) is 2.63. The Morgan fingerprint density at radius 2 is 1.89 bits per heavy atom. The monoisotopic (exact) mass is 449 g/mol. The summed E-state index contributed by atoms with van der Waals surface area (Å²) < 4.78 is 6.56. The maximum atomic E-state index is 13.3. The van der Waals surface area contributed by atoms with Crippen LogP contribution in [0.15, 0.2) is 39.9 Å². The van der Waals surface area contributed by atoms with Crippen molar-refractivity contribution >= 4 is 33.4 Å². The molecule has 1 aromatic rings. The van der Waals surface area contributed by atoms with E-state index in [1.54, 1.807) is 24.4 Å². The van der Waals surface area contributed by atoms with Crippen LogP contribution in [0.25, 0.3) is 0 Å². The molecule has 1 rings (SSSR count). The minimum Gasteiger partial charge on any atom is -0.476 e. The number of aliphatic imine (C=N–C) groups is 1. The lowest BCUT2D eigenvalue weighted by Crippen LogP contribution is -2.42. The third kappa shape index (κ3) is 6.59. The number of nitrogens with one attached hydrogen (secondary N) is 1. The molecule has 0 aliphatic carbocycles. The molecule has 1 N–H and O–H groups in total. The number of carbonyl (C=O) groups excluding carboxylic acids is 1. The number of halogens is 1. The summed E-state index contributed by atoms with van der Waals surface area (Å²) in [6.07, 6.45) is 5.25. The highest BCUT2D eigenvalue weighted by molar-refractivity contribution is 9.10. The molecule has 28 heavy (non-hydrogen) atoms. The predicted molar refractivity (Wildman–Crippen MR) is 121 cm³/mol. The van der Waals surface area contributed by atoms with E-state index in [0.29, 0.717) is 17.7 Å². The molecule has 1 amide bonds. The van der Waals surface area contributed by atoms with Crippen molar-refractivity contribution in [3.63, 3.8) is 0 Å². The minimum atomic E-state index is -0.101. The number of amides is 1. The van der Waals surface area contributed by atoms with Crippen LogP contribution in [-0.2, 0) is 4.74 Å². The Bertz CT molecular complexity index is 731. The summed E-state index contributed by atoms with van der Waals surface area (Å²) >= 11 is 3.46. The van der Waals surface area contributed by atoms with Crippen LogP contribution in [0, 0.1) is 5.41 Å². The van der Waals surface area contributed by atoms with E-state index in [2.05, 4.69) is 27.8 Å². The summed E-state index contributed by atoms with van der Waals surface area (Å²) in [6, 6.07) is 5.46. The molecule has 0 aliphatic rings. The fourth-order valence-electron chi connectivity index (χ4n) is 2.86. The Kier molecular flexibility index (Phi) is 10.1. The molecule has 0 atom stereocenters. The Hall–Kier alpha value is -1.95. The smallest absolute Gasteiger partial charge is 0.255 e. The zero-order valence-electron chi connectivity index (χ0n) is 17.8. The molecular weight excluding hydrogens is 418 g/mol. The first-order valence-electron chi connectivity index (χ1n) is 9.77. The van der Waals surface area contributed by atoms with Gasteiger partial charge in [0.2, 0.25) is 5.90 Å². The largest absolute Gasteiger partial charge is 0.476 e. The zero-order valence-corrected chi connectivity index (χ0v) is 19.3. The summed E-state index contributed by atoms with van der Waals surface area (Å²) in [5.74, 6) is 0.121. The van der Waals surface area contributed by atoms with Gasteiger partial charge in [0, 0.05) is 33.9 Å². The molecule has 0 saturated heterocycles. The SMILES string of the molecule is C/C=C\N=C(OCCCC)C(=N)c1cc(Br)ccc1C(=O)N(C(C)C)C(C)C. The molecule has 154 valence electrons. The first-order valence-corrected chi connectivity index (χ1v) is 10.6. The van der Waals surface area contributed by atoms with Crippen molar-refractivity contribution in [2.75, 3.05) is 6.61 Å². The van der Waals surface area contributed by atoms with Crippen LogP contribution in [0.5, 0.6) is 0 Å². The van der Waals surface area contributed by atoms with Gasteiger partial charge in [0.1, 0.15) is 5.71 Å². The van der Waals surface area contributed by atoms with Gasteiger partial charge in [-0.2, -0.15) is 0 Å². The van der Waals surface area contributed by atoms with Crippen molar-refractivity contribution in [2.24, 2.45) is 4.99 Å². The second-order valence-electron chi connectivity index (χ2n) is 7.08. The van der Waals surface area contributed by atoms with E-state index in [0.717, 1.165) is 17.3 Å². The number of hydrogen-bond donors (Lipinski definition) is 1. The lowest BCUT2D eigenvalue weighted by atomic mass is 10.0. The molecule has 0 radical (unpaired) electrons. The van der Waals surface area contributed by atoms with E-state index >= 15 is 0 Å². The van der Waals surface area contributed by atoms with Gasteiger partial charge in [0.25, 0.3) is 5.91 Å². The van der Waals surface area contributed by atoms with Crippen molar-refractivity contribution in [3.05, 3.63) is 46.1 Å². The number of carbonyl (C=O) groups is 1. The maximum Gasteiger partial charge on any atom is 0.255 e. The summed E-state index contributed by atoms with van der Waals surface area (Å²) in [6.45, 7) is 12.4. The standard InChI is InChI=1S/C22H32BrN3O2/c1-7-9-13-28-21(25-12-8-2)20(24)19-14-17(23)10-11-18(19)22(27)26(15(3)4)16(5)6/h8,10-12,14-16,24H,7,9,13H2,1-6H3/b12-8-,24-20?,25-21?. The maximum absolute atomic E-state index is 13.3. The summed E-state index contributed by atoms with van der Waals surface area (Å²) in [5.41, 5.74) is 1.08. The molecule has 0 saturated carbocycles. The normalized spacial score (nSPS) is 12.1. The van der Waals surface area contributed by atoms with Gasteiger partial charge in [-0.15, -0.1) is 0 Å². The molecule has 1 aromatic carbocycles. The van der Waals surface area contributed by atoms with Crippen LogP contribution >= 0.6 is 15.9 Å². The molecule has 0 bridgehead atoms. The third-order valence-electron chi connectivity index (χ3n) is 4.12. The van der Waals surface area contributed by atoms with E-state index in [-0.39, 0.29) is 29.6 Å². The van der Waals surface area contributed by atoms with E-state index in [9.17, 15) is 4.79 Å². The molecule has 0 fully saturated rings. The highest BCUT2D eigenvalue weighted by Crippen LogP contribution is 2.22. The lowest BCUT2D eigenvalue weighted by molar-refractivity contribution is 0.0643. The number of benzene rings is 1. The lowest BCUT2D eigenvalue weighted by Gasteiger charge is -2.31. The summed E-state index contributed by atoms with van der Waals surface area (Å²) in [7, 11) is 0. The minimum absolute atomic E-state index is 0.0511. The van der Waals surface area contributed by atoms with Crippen LogP contribution in [0.2, 0.25) is 0 Å². The molecular formula is C22H32BrN3O2. The quantitative estimate of drug-likeness (QED) is 0.293. The summed E-state index contributed by atoms with van der Waals surface area (Å²) in [4.78, 5) is 19.4. The number of allylic oxidation sites excluding steroid dienone is 1. The van der Waals surface area contributed by atoms with Crippen LogP contribution in [0.4, 0.5) is 0 Å². The van der Waals surface area contributed by atoms with Crippen molar-refractivity contribution in [1.82, 2.24) is 4.90 Å². The molecule has 0 spiro atoms. The van der Waals surface area contributed by atoms with Gasteiger partial charge in [-0.1, -0.05) is 35.4 Å². The van der Waals surface area contributed by atoms with E-state index in [1.807, 2.05) is 45.6 Å². The van der Waals surface area contributed by atoms with Crippen molar-refractivity contribution in [2.45, 2.75) is 66.5 Å². The Morgan fingerprint density at radius 3 is 2.43 bits per heavy atom. The Balaban J connectivity index is 3.39. The topological polar surface area (TPSA) is 65.8 Å².